The summed E-state index contributed by atoms with van der Waals surface area (Å²) in [6, 6.07) is 15.9. The van der Waals surface area contributed by atoms with Crippen molar-refractivity contribution in [2.45, 2.75) is 20.3 Å². The molecular weight excluding hydrogens is 326 g/mol. The lowest BCUT2D eigenvalue weighted by molar-refractivity contribution is 0.0984. The number of carbonyl (C=O) groups excluding carboxylic acids is 1. The summed E-state index contributed by atoms with van der Waals surface area (Å²) in [5, 5.41) is 0. The number of hydrogen-bond acceptors (Lipinski definition) is 2. The molecule has 0 atom stereocenters. The van der Waals surface area contributed by atoms with Crippen molar-refractivity contribution in [2.75, 3.05) is 18.0 Å². The molecule has 0 spiro atoms. The van der Waals surface area contributed by atoms with E-state index in [0.717, 1.165) is 23.1 Å². The third-order valence-electron chi connectivity index (χ3n) is 3.61. The van der Waals surface area contributed by atoms with Gasteiger partial charge in [0.25, 0.3) is 0 Å². The maximum Gasteiger partial charge on any atom is 0.164 e. The summed E-state index contributed by atoms with van der Waals surface area (Å²) in [6.45, 7) is 5.87. The number of ketones is 1. The first-order valence-corrected chi connectivity index (χ1v) is 8.00. The van der Waals surface area contributed by atoms with Crippen LogP contribution in [0, 0.1) is 6.92 Å². The first-order chi connectivity index (χ1) is 10.1. The Balaban J connectivity index is 2.02. The molecule has 0 aliphatic rings. The third-order valence-corrected chi connectivity index (χ3v) is 4.14. The number of hydrogen-bond donors (Lipinski definition) is 0. The second-order valence-corrected chi connectivity index (χ2v) is 5.96. The first kappa shape index (κ1) is 15.8. The number of benzene rings is 2. The molecule has 0 heterocycles. The van der Waals surface area contributed by atoms with Crippen LogP contribution < -0.4 is 4.90 Å². The van der Waals surface area contributed by atoms with Crippen LogP contribution in [0.5, 0.6) is 0 Å². The summed E-state index contributed by atoms with van der Waals surface area (Å²) in [4.78, 5) is 14.5. The summed E-state index contributed by atoms with van der Waals surface area (Å²) in [5.74, 6) is 0.189. The van der Waals surface area contributed by atoms with E-state index in [2.05, 4.69) is 46.8 Å². The number of halogens is 1. The smallest absolute Gasteiger partial charge is 0.164 e. The molecule has 0 saturated heterocycles. The molecule has 2 aromatic carbocycles. The van der Waals surface area contributed by atoms with E-state index in [4.69, 9.17) is 0 Å². The third kappa shape index (κ3) is 4.18. The van der Waals surface area contributed by atoms with Crippen LogP contribution in [-0.2, 0) is 0 Å². The van der Waals surface area contributed by atoms with E-state index in [0.29, 0.717) is 6.42 Å². The number of rotatable bonds is 6. The minimum atomic E-state index is 0.189. The highest BCUT2D eigenvalue weighted by Crippen LogP contribution is 2.20. The standard InChI is InChI=1S/C18H20BrNO/c1-3-20(17-7-5-4-6-14(17)2)13-12-18(21)15-8-10-16(19)11-9-15/h4-11H,3,12-13H2,1-2H3. The molecule has 2 nitrogen and oxygen atoms in total. The zero-order chi connectivity index (χ0) is 15.2. The van der Waals surface area contributed by atoms with Gasteiger partial charge in [-0.05, 0) is 37.6 Å². The van der Waals surface area contributed by atoms with Gasteiger partial charge in [0.1, 0.15) is 0 Å². The van der Waals surface area contributed by atoms with Crippen molar-refractivity contribution in [2.24, 2.45) is 0 Å². The van der Waals surface area contributed by atoms with E-state index < -0.39 is 0 Å². The van der Waals surface area contributed by atoms with Gasteiger partial charge in [-0.15, -0.1) is 0 Å². The van der Waals surface area contributed by atoms with Crippen molar-refractivity contribution in [1.29, 1.82) is 0 Å². The van der Waals surface area contributed by atoms with Crippen LogP contribution in [0.15, 0.2) is 53.0 Å². The number of Topliss-reactive ketones (excluding diaryl/α,β-unsaturated/α-hetero) is 1. The second kappa shape index (κ2) is 7.41. The predicted molar refractivity (Wildman–Crippen MR) is 92.2 cm³/mol. The highest BCUT2D eigenvalue weighted by atomic mass is 79.9. The van der Waals surface area contributed by atoms with Crippen molar-refractivity contribution in [3.63, 3.8) is 0 Å². The second-order valence-electron chi connectivity index (χ2n) is 5.05. The largest absolute Gasteiger partial charge is 0.371 e. The van der Waals surface area contributed by atoms with Crippen LogP contribution in [0.3, 0.4) is 0 Å². The van der Waals surface area contributed by atoms with Crippen molar-refractivity contribution in [1.82, 2.24) is 0 Å². The van der Waals surface area contributed by atoms with Crippen LogP contribution >= 0.6 is 15.9 Å². The SMILES string of the molecule is CCN(CCC(=O)c1ccc(Br)cc1)c1ccccc1C. The van der Waals surface area contributed by atoms with Crippen LogP contribution in [0.2, 0.25) is 0 Å². The van der Waals surface area contributed by atoms with E-state index in [-0.39, 0.29) is 5.78 Å². The Morgan fingerprint density at radius 3 is 2.38 bits per heavy atom. The van der Waals surface area contributed by atoms with Crippen molar-refractivity contribution < 1.29 is 4.79 Å². The van der Waals surface area contributed by atoms with Gasteiger partial charge in [0.2, 0.25) is 0 Å². The van der Waals surface area contributed by atoms with Crippen molar-refractivity contribution in [3.8, 4) is 0 Å². The van der Waals surface area contributed by atoms with Crippen LogP contribution in [0.25, 0.3) is 0 Å². The number of nitrogens with zero attached hydrogens (tertiary/aromatic N) is 1. The molecule has 2 rings (SSSR count). The average molecular weight is 346 g/mol. The molecule has 2 aromatic rings. The minimum absolute atomic E-state index is 0.189. The predicted octanol–water partition coefficient (Wildman–Crippen LogP) is 4.86. The molecule has 0 saturated carbocycles. The molecule has 3 heteroatoms. The van der Waals surface area contributed by atoms with Crippen LogP contribution in [-0.4, -0.2) is 18.9 Å². The monoisotopic (exact) mass is 345 g/mol. The Bertz CT molecular complexity index is 607. The van der Waals surface area contributed by atoms with Gasteiger partial charge in [0.15, 0.2) is 5.78 Å². The minimum Gasteiger partial charge on any atom is -0.371 e. The summed E-state index contributed by atoms with van der Waals surface area (Å²) in [6.07, 6.45) is 0.532. The normalized spacial score (nSPS) is 10.4. The lowest BCUT2D eigenvalue weighted by Gasteiger charge is -2.24. The Morgan fingerprint density at radius 2 is 1.76 bits per heavy atom. The lowest BCUT2D eigenvalue weighted by atomic mass is 10.1. The highest BCUT2D eigenvalue weighted by Gasteiger charge is 2.11. The van der Waals surface area contributed by atoms with E-state index in [1.165, 1.54) is 11.3 Å². The molecule has 0 bridgehead atoms. The topological polar surface area (TPSA) is 20.3 Å². The fraction of sp³-hybridized carbons (Fsp3) is 0.278. The molecule has 0 unspecified atom stereocenters. The van der Waals surface area contributed by atoms with Gasteiger partial charge in [-0.25, -0.2) is 0 Å². The lowest BCUT2D eigenvalue weighted by Crippen LogP contribution is -2.26. The van der Waals surface area contributed by atoms with Gasteiger partial charge < -0.3 is 4.90 Å². The fourth-order valence-corrected chi connectivity index (χ4v) is 2.65. The summed E-state index contributed by atoms with van der Waals surface area (Å²) < 4.78 is 0.995. The van der Waals surface area contributed by atoms with E-state index >= 15 is 0 Å². The molecule has 0 fully saturated rings. The van der Waals surface area contributed by atoms with Gasteiger partial charge in [0.05, 0.1) is 0 Å². The molecule has 0 aromatic heterocycles. The number of aryl methyl sites for hydroxylation is 1. The maximum absolute atomic E-state index is 12.3. The zero-order valence-electron chi connectivity index (χ0n) is 12.5. The van der Waals surface area contributed by atoms with E-state index in [9.17, 15) is 4.79 Å². The van der Waals surface area contributed by atoms with E-state index in [1.54, 1.807) is 0 Å². The first-order valence-electron chi connectivity index (χ1n) is 7.21. The summed E-state index contributed by atoms with van der Waals surface area (Å²) in [7, 11) is 0. The number of carbonyl (C=O) groups is 1. The average Bonchev–Trinajstić information content (AvgIpc) is 2.50. The molecule has 0 radical (unpaired) electrons. The molecule has 0 aliphatic carbocycles. The van der Waals surface area contributed by atoms with Gasteiger partial charge >= 0.3 is 0 Å². The summed E-state index contributed by atoms with van der Waals surface area (Å²) in [5.41, 5.74) is 3.23. The molecule has 0 N–H and O–H groups in total. The molecule has 110 valence electrons. The number of para-hydroxylation sites is 1. The molecule has 0 amide bonds. The maximum atomic E-state index is 12.3. The zero-order valence-corrected chi connectivity index (χ0v) is 14.1. The molecule has 0 aliphatic heterocycles. The Morgan fingerprint density at radius 1 is 1.10 bits per heavy atom. The fourth-order valence-electron chi connectivity index (χ4n) is 2.38. The van der Waals surface area contributed by atoms with Gasteiger partial charge in [-0.1, -0.05) is 46.3 Å². The van der Waals surface area contributed by atoms with Gasteiger partial charge in [0, 0.05) is 35.2 Å². The summed E-state index contributed by atoms with van der Waals surface area (Å²) >= 11 is 3.39. The molecular formula is C18H20BrNO. The van der Waals surface area contributed by atoms with Gasteiger partial charge in [-0.3, -0.25) is 4.79 Å². The van der Waals surface area contributed by atoms with Gasteiger partial charge in [-0.2, -0.15) is 0 Å². The Hall–Kier alpha value is -1.61. The van der Waals surface area contributed by atoms with Crippen molar-refractivity contribution in [3.05, 3.63) is 64.1 Å². The Kier molecular flexibility index (Phi) is 5.57. The van der Waals surface area contributed by atoms with E-state index in [1.807, 2.05) is 36.4 Å². The van der Waals surface area contributed by atoms with Crippen LogP contribution in [0.1, 0.15) is 29.3 Å². The molecule has 21 heavy (non-hydrogen) atoms. The Labute approximate surface area is 134 Å². The number of anilines is 1. The van der Waals surface area contributed by atoms with Crippen molar-refractivity contribution >= 4 is 27.4 Å². The highest BCUT2D eigenvalue weighted by molar-refractivity contribution is 9.10. The quantitative estimate of drug-likeness (QED) is 0.697. The van der Waals surface area contributed by atoms with Crippen LogP contribution in [0.4, 0.5) is 5.69 Å².